The maximum absolute atomic E-state index is 12.3. The van der Waals surface area contributed by atoms with E-state index in [2.05, 4.69) is 5.32 Å². The first-order valence-corrected chi connectivity index (χ1v) is 10.6. The number of para-hydroxylation sites is 1. The number of ether oxygens (including phenoxy) is 3. The van der Waals surface area contributed by atoms with E-state index in [9.17, 15) is 9.59 Å². The Morgan fingerprint density at radius 2 is 1.62 bits per heavy atom. The number of hydrogen-bond donors (Lipinski definition) is 1. The minimum absolute atomic E-state index is 0.122. The summed E-state index contributed by atoms with van der Waals surface area (Å²) in [7, 11) is 0. The maximum atomic E-state index is 12.3. The lowest BCUT2D eigenvalue weighted by molar-refractivity contribution is 0.0472. The minimum atomic E-state index is -0.415. The average Bonchev–Trinajstić information content (AvgIpc) is 3.36. The molecule has 0 saturated carbocycles. The van der Waals surface area contributed by atoms with Crippen LogP contribution in [0, 0.1) is 0 Å². The molecule has 1 N–H and O–H groups in total. The fourth-order valence-electron chi connectivity index (χ4n) is 3.36. The summed E-state index contributed by atoms with van der Waals surface area (Å²) in [5.41, 5.74) is 2.51. The third kappa shape index (κ3) is 5.95. The molecule has 32 heavy (non-hydrogen) atoms. The lowest BCUT2D eigenvalue weighted by Crippen LogP contribution is -2.16. The van der Waals surface area contributed by atoms with Crippen molar-refractivity contribution in [1.29, 1.82) is 0 Å². The van der Waals surface area contributed by atoms with Crippen LogP contribution in [0.4, 0.5) is 5.69 Å². The van der Waals surface area contributed by atoms with Crippen LogP contribution >= 0.6 is 0 Å². The number of hydrogen-bond acceptors (Lipinski definition) is 5. The Morgan fingerprint density at radius 3 is 2.31 bits per heavy atom. The standard InChI is InChI=1S/C26H25NO5/c28-25(27-22-5-2-1-3-6-22)20-10-8-19(9-11-20)17-32-26(29)21-12-14-23(15-13-21)31-18-24-7-4-16-30-24/h1-3,5-6,8-15,24H,4,7,16-18H2,(H,27,28). The van der Waals surface area contributed by atoms with Gasteiger partial charge in [-0.2, -0.15) is 0 Å². The predicted molar refractivity (Wildman–Crippen MR) is 121 cm³/mol. The Bertz CT molecular complexity index is 1030. The van der Waals surface area contributed by atoms with Gasteiger partial charge in [0.2, 0.25) is 0 Å². The van der Waals surface area contributed by atoms with Crippen molar-refractivity contribution in [2.24, 2.45) is 0 Å². The van der Waals surface area contributed by atoms with E-state index in [1.54, 1.807) is 48.5 Å². The molecule has 0 spiro atoms. The SMILES string of the molecule is O=C(Nc1ccccc1)c1ccc(COC(=O)c2ccc(OCC3CCCO3)cc2)cc1. The van der Waals surface area contributed by atoms with E-state index < -0.39 is 5.97 Å². The number of esters is 1. The highest BCUT2D eigenvalue weighted by atomic mass is 16.5. The zero-order valence-electron chi connectivity index (χ0n) is 17.7. The number of carbonyl (C=O) groups is 2. The first kappa shape index (κ1) is 21.6. The summed E-state index contributed by atoms with van der Waals surface area (Å²) in [5, 5.41) is 2.84. The molecule has 1 amide bonds. The minimum Gasteiger partial charge on any atom is -0.491 e. The van der Waals surface area contributed by atoms with Gasteiger partial charge in [0.05, 0.1) is 11.7 Å². The Morgan fingerprint density at radius 1 is 0.906 bits per heavy atom. The van der Waals surface area contributed by atoms with Gasteiger partial charge in [0.25, 0.3) is 5.91 Å². The Labute approximate surface area is 187 Å². The summed E-state index contributed by atoms with van der Waals surface area (Å²) in [6.45, 7) is 1.43. The van der Waals surface area contributed by atoms with Gasteiger partial charge in [-0.1, -0.05) is 30.3 Å². The van der Waals surface area contributed by atoms with Gasteiger partial charge in [-0.05, 0) is 66.9 Å². The zero-order chi connectivity index (χ0) is 22.2. The first-order chi connectivity index (χ1) is 15.7. The van der Waals surface area contributed by atoms with Crippen LogP contribution in [0.2, 0.25) is 0 Å². The van der Waals surface area contributed by atoms with Gasteiger partial charge in [0.15, 0.2) is 0 Å². The molecule has 1 heterocycles. The van der Waals surface area contributed by atoms with E-state index in [4.69, 9.17) is 14.2 Å². The first-order valence-electron chi connectivity index (χ1n) is 10.6. The Kier molecular flexibility index (Phi) is 7.15. The van der Waals surface area contributed by atoms with Crippen molar-refractivity contribution in [2.75, 3.05) is 18.5 Å². The molecule has 164 valence electrons. The van der Waals surface area contributed by atoms with Crippen LogP contribution in [0.1, 0.15) is 39.1 Å². The van der Waals surface area contributed by atoms with Crippen LogP contribution in [0.25, 0.3) is 0 Å². The molecule has 1 fully saturated rings. The molecule has 3 aromatic rings. The van der Waals surface area contributed by atoms with E-state index in [1.807, 2.05) is 30.3 Å². The van der Waals surface area contributed by atoms with Gasteiger partial charge < -0.3 is 19.5 Å². The van der Waals surface area contributed by atoms with Crippen molar-refractivity contribution < 1.29 is 23.8 Å². The fraction of sp³-hybridized carbons (Fsp3) is 0.231. The molecule has 1 saturated heterocycles. The molecule has 1 atom stereocenters. The molecule has 4 rings (SSSR count). The highest BCUT2D eigenvalue weighted by Gasteiger charge is 2.16. The van der Waals surface area contributed by atoms with Crippen molar-refractivity contribution in [1.82, 2.24) is 0 Å². The van der Waals surface area contributed by atoms with E-state index in [1.165, 1.54) is 0 Å². The average molecular weight is 431 g/mol. The highest BCUT2D eigenvalue weighted by Crippen LogP contribution is 2.17. The molecular formula is C26H25NO5. The summed E-state index contributed by atoms with van der Waals surface area (Å²) in [4.78, 5) is 24.6. The molecular weight excluding hydrogens is 406 g/mol. The fourth-order valence-corrected chi connectivity index (χ4v) is 3.36. The molecule has 0 bridgehead atoms. The van der Waals surface area contributed by atoms with Gasteiger partial charge in [-0.25, -0.2) is 4.79 Å². The molecule has 0 radical (unpaired) electrons. The summed E-state index contributed by atoms with van der Waals surface area (Å²) in [6.07, 6.45) is 2.24. The summed E-state index contributed by atoms with van der Waals surface area (Å²) >= 11 is 0. The molecule has 1 unspecified atom stereocenters. The molecule has 1 aliphatic heterocycles. The van der Waals surface area contributed by atoms with Crippen LogP contribution in [0.5, 0.6) is 5.75 Å². The quantitative estimate of drug-likeness (QED) is 0.516. The van der Waals surface area contributed by atoms with Crippen LogP contribution in [0.15, 0.2) is 78.9 Å². The van der Waals surface area contributed by atoms with E-state index in [-0.39, 0.29) is 18.6 Å². The van der Waals surface area contributed by atoms with Gasteiger partial charge in [0, 0.05) is 17.9 Å². The summed E-state index contributed by atoms with van der Waals surface area (Å²) in [5.74, 6) is 0.0875. The lowest BCUT2D eigenvalue weighted by atomic mass is 10.1. The van der Waals surface area contributed by atoms with Crippen molar-refractivity contribution >= 4 is 17.6 Å². The van der Waals surface area contributed by atoms with E-state index in [0.717, 1.165) is 30.7 Å². The largest absolute Gasteiger partial charge is 0.491 e. The number of carbonyl (C=O) groups excluding carboxylic acids is 2. The third-order valence-electron chi connectivity index (χ3n) is 5.17. The Hall–Kier alpha value is -3.64. The molecule has 6 heteroatoms. The second-order valence-corrected chi connectivity index (χ2v) is 7.56. The topological polar surface area (TPSA) is 73.9 Å². The smallest absolute Gasteiger partial charge is 0.338 e. The highest BCUT2D eigenvalue weighted by molar-refractivity contribution is 6.04. The lowest BCUT2D eigenvalue weighted by Gasteiger charge is -2.11. The van der Waals surface area contributed by atoms with Crippen LogP contribution in [-0.2, 0) is 16.1 Å². The predicted octanol–water partition coefficient (Wildman–Crippen LogP) is 4.85. The molecule has 0 aromatic heterocycles. The van der Waals surface area contributed by atoms with Crippen LogP contribution in [0.3, 0.4) is 0 Å². The third-order valence-corrected chi connectivity index (χ3v) is 5.17. The molecule has 6 nitrogen and oxygen atoms in total. The number of amides is 1. The van der Waals surface area contributed by atoms with Crippen molar-refractivity contribution in [2.45, 2.75) is 25.6 Å². The number of nitrogens with one attached hydrogen (secondary N) is 1. The van der Waals surface area contributed by atoms with Crippen LogP contribution in [-0.4, -0.2) is 31.2 Å². The normalized spacial score (nSPS) is 15.2. The number of anilines is 1. The van der Waals surface area contributed by atoms with Gasteiger partial charge in [-0.15, -0.1) is 0 Å². The van der Waals surface area contributed by atoms with Crippen molar-refractivity contribution in [3.05, 3.63) is 95.6 Å². The second-order valence-electron chi connectivity index (χ2n) is 7.56. The second kappa shape index (κ2) is 10.6. The number of benzene rings is 3. The van der Waals surface area contributed by atoms with Gasteiger partial charge >= 0.3 is 5.97 Å². The van der Waals surface area contributed by atoms with Gasteiger partial charge in [-0.3, -0.25) is 4.79 Å². The van der Waals surface area contributed by atoms with E-state index >= 15 is 0 Å². The zero-order valence-corrected chi connectivity index (χ0v) is 17.7. The molecule has 3 aromatic carbocycles. The van der Waals surface area contributed by atoms with E-state index in [0.29, 0.717) is 23.5 Å². The summed E-state index contributed by atoms with van der Waals surface area (Å²) in [6, 6.07) is 23.1. The molecule has 0 aliphatic carbocycles. The Balaban J connectivity index is 1.24. The van der Waals surface area contributed by atoms with Crippen molar-refractivity contribution in [3.63, 3.8) is 0 Å². The molecule has 1 aliphatic rings. The van der Waals surface area contributed by atoms with Crippen molar-refractivity contribution in [3.8, 4) is 5.75 Å². The monoisotopic (exact) mass is 431 g/mol. The maximum Gasteiger partial charge on any atom is 0.338 e. The summed E-state index contributed by atoms with van der Waals surface area (Å²) < 4.78 is 16.6. The van der Waals surface area contributed by atoms with Crippen LogP contribution < -0.4 is 10.1 Å². The van der Waals surface area contributed by atoms with Gasteiger partial charge in [0.1, 0.15) is 19.0 Å². The number of rotatable bonds is 8.